The first-order valence-electron chi connectivity index (χ1n) is 27.3. The third kappa shape index (κ3) is 32.4. The number of imidazole rings is 1. The van der Waals surface area contributed by atoms with Crippen LogP contribution >= 0.6 is 0 Å². The second kappa shape index (κ2) is 41.3. The number of esters is 4. The van der Waals surface area contributed by atoms with Crippen molar-refractivity contribution in [2.75, 3.05) is 26.3 Å². The fourth-order valence-electron chi connectivity index (χ4n) is 8.92. The Morgan fingerprint density at radius 3 is 1.60 bits per heavy atom. The summed E-state index contributed by atoms with van der Waals surface area (Å²) in [7, 11) is 0. The van der Waals surface area contributed by atoms with Crippen molar-refractivity contribution in [2.45, 2.75) is 277 Å². The first-order chi connectivity index (χ1) is 31.9. The number of likely N-dealkylation sites (tertiary alicyclic amines) is 1. The van der Waals surface area contributed by atoms with Crippen molar-refractivity contribution in [1.29, 1.82) is 0 Å². The molecule has 0 bridgehead atoms. The van der Waals surface area contributed by atoms with Gasteiger partial charge in [-0.3, -0.25) is 24.1 Å². The lowest BCUT2D eigenvalue weighted by Gasteiger charge is -2.22. The number of carbonyl (C=O) groups excluding carboxylic acids is 4. The molecule has 0 amide bonds. The van der Waals surface area contributed by atoms with Crippen LogP contribution in [0.2, 0.25) is 0 Å². The van der Waals surface area contributed by atoms with Crippen LogP contribution in [0, 0.1) is 0 Å². The average molecular weight is 916 g/mol. The predicted octanol–water partition coefficient (Wildman–Crippen LogP) is 13.6. The van der Waals surface area contributed by atoms with Crippen molar-refractivity contribution in [3.05, 3.63) is 18.7 Å². The Morgan fingerprint density at radius 2 is 1.03 bits per heavy atom. The molecule has 0 spiro atoms. The fraction of sp³-hybridized carbons (Fsp3) is 0.870. The van der Waals surface area contributed by atoms with Gasteiger partial charge < -0.3 is 23.5 Å². The third-order valence-corrected chi connectivity index (χ3v) is 13.0. The normalized spacial score (nSPS) is 15.1. The first-order valence-corrected chi connectivity index (χ1v) is 27.3. The van der Waals surface area contributed by atoms with E-state index in [2.05, 4.69) is 30.7 Å². The van der Waals surface area contributed by atoms with Gasteiger partial charge in [0.05, 0.1) is 19.5 Å². The highest BCUT2D eigenvalue weighted by Crippen LogP contribution is 2.24. The third-order valence-electron chi connectivity index (χ3n) is 13.0. The Hall–Kier alpha value is -2.95. The highest BCUT2D eigenvalue weighted by atomic mass is 16.6. The standard InChI is InChI=1S/C54H97N3O8/c1-4-7-10-13-16-17-18-23-31-43-62-51(58)36-29-25-30-41-57-46-49(65-53(60)38-33-40-56-42-39-55-47-56)45-50(57)54(61)63-44-32-24-19-22-28-37-52(59)64-48(34-26-20-14-11-8-5-2)35-27-21-15-12-9-6-3/h39,42,47-50H,4-38,40-41,43-46H2,1-3H3/t49?,50-/m0/s1. The maximum absolute atomic E-state index is 13.4. The lowest BCUT2D eigenvalue weighted by molar-refractivity contribution is -0.151. The van der Waals surface area contributed by atoms with Crippen molar-refractivity contribution in [1.82, 2.24) is 14.5 Å². The largest absolute Gasteiger partial charge is 0.466 e. The monoisotopic (exact) mass is 916 g/mol. The number of rotatable bonds is 45. The molecule has 0 N–H and O–H groups in total. The topological polar surface area (TPSA) is 126 Å². The smallest absolute Gasteiger partial charge is 0.323 e. The molecule has 0 saturated carbocycles. The van der Waals surface area contributed by atoms with E-state index in [0.717, 1.165) is 89.9 Å². The van der Waals surface area contributed by atoms with E-state index in [-0.39, 0.29) is 36.1 Å². The van der Waals surface area contributed by atoms with Gasteiger partial charge in [-0.2, -0.15) is 0 Å². The molecule has 11 nitrogen and oxygen atoms in total. The number of carbonyl (C=O) groups is 4. The molecule has 1 aromatic heterocycles. The summed E-state index contributed by atoms with van der Waals surface area (Å²) in [4.78, 5) is 57.5. The summed E-state index contributed by atoms with van der Waals surface area (Å²) in [6.07, 6.45) is 42.2. The molecule has 376 valence electrons. The van der Waals surface area contributed by atoms with Gasteiger partial charge in [-0.05, 0) is 70.8 Å². The summed E-state index contributed by atoms with van der Waals surface area (Å²) in [5.41, 5.74) is 0. The molecule has 65 heavy (non-hydrogen) atoms. The van der Waals surface area contributed by atoms with Crippen molar-refractivity contribution in [2.24, 2.45) is 0 Å². The first kappa shape index (κ1) is 58.2. The number of unbranched alkanes of at least 4 members (excludes halogenated alkanes) is 24. The van der Waals surface area contributed by atoms with E-state index in [4.69, 9.17) is 18.9 Å². The molecule has 0 aliphatic carbocycles. The van der Waals surface area contributed by atoms with E-state index >= 15 is 0 Å². The van der Waals surface area contributed by atoms with E-state index in [9.17, 15) is 19.2 Å². The van der Waals surface area contributed by atoms with Crippen LogP contribution in [0.5, 0.6) is 0 Å². The minimum absolute atomic E-state index is 0.0532. The van der Waals surface area contributed by atoms with Crippen molar-refractivity contribution >= 4 is 23.9 Å². The number of aromatic nitrogens is 2. The van der Waals surface area contributed by atoms with Gasteiger partial charge in [-0.1, -0.05) is 162 Å². The van der Waals surface area contributed by atoms with Crippen molar-refractivity contribution < 1.29 is 38.1 Å². The van der Waals surface area contributed by atoms with Gasteiger partial charge in [0.1, 0.15) is 18.2 Å². The van der Waals surface area contributed by atoms with Crippen molar-refractivity contribution in [3.8, 4) is 0 Å². The molecule has 1 unspecified atom stereocenters. The van der Waals surface area contributed by atoms with Crippen molar-refractivity contribution in [3.63, 3.8) is 0 Å². The maximum Gasteiger partial charge on any atom is 0.323 e. The van der Waals surface area contributed by atoms with Crippen LogP contribution < -0.4 is 0 Å². The molecule has 2 atom stereocenters. The number of hydrogen-bond acceptors (Lipinski definition) is 10. The molecule has 1 fully saturated rings. The van der Waals surface area contributed by atoms with Crippen LogP contribution in [0.4, 0.5) is 0 Å². The Labute approximate surface area is 397 Å². The quantitative estimate of drug-likeness (QED) is 0.0354. The molecular weight excluding hydrogens is 819 g/mol. The summed E-state index contributed by atoms with van der Waals surface area (Å²) in [5, 5.41) is 0. The van der Waals surface area contributed by atoms with Crippen LogP contribution in [-0.2, 0) is 44.7 Å². The summed E-state index contributed by atoms with van der Waals surface area (Å²) in [6.45, 7) is 9.45. The summed E-state index contributed by atoms with van der Waals surface area (Å²) < 4.78 is 25.1. The summed E-state index contributed by atoms with van der Waals surface area (Å²) in [6, 6.07) is -0.461. The van der Waals surface area contributed by atoms with E-state index in [1.165, 1.54) is 109 Å². The van der Waals surface area contributed by atoms with Crippen LogP contribution in [-0.4, -0.2) is 82.9 Å². The molecular formula is C54H97N3O8. The molecule has 1 aliphatic heterocycles. The van der Waals surface area contributed by atoms with Gasteiger partial charge in [0.25, 0.3) is 0 Å². The zero-order valence-corrected chi connectivity index (χ0v) is 42.1. The second-order valence-corrected chi connectivity index (χ2v) is 19.0. The van der Waals surface area contributed by atoms with Gasteiger partial charge in [0.15, 0.2) is 0 Å². The van der Waals surface area contributed by atoms with Gasteiger partial charge in [0, 0.05) is 51.2 Å². The maximum atomic E-state index is 13.4. The minimum Gasteiger partial charge on any atom is -0.466 e. The van der Waals surface area contributed by atoms with E-state index < -0.39 is 6.04 Å². The zero-order valence-electron chi connectivity index (χ0n) is 42.1. The number of ether oxygens (including phenoxy) is 4. The van der Waals surface area contributed by atoms with Crippen LogP contribution in [0.3, 0.4) is 0 Å². The van der Waals surface area contributed by atoms with Gasteiger partial charge in [0.2, 0.25) is 0 Å². The molecule has 1 aromatic rings. The number of aryl methyl sites for hydroxylation is 1. The highest BCUT2D eigenvalue weighted by molar-refractivity contribution is 5.76. The Morgan fingerprint density at radius 1 is 0.538 bits per heavy atom. The average Bonchev–Trinajstić information content (AvgIpc) is 3.97. The van der Waals surface area contributed by atoms with E-state index in [0.29, 0.717) is 65.0 Å². The summed E-state index contributed by atoms with van der Waals surface area (Å²) in [5.74, 6) is -0.694. The molecule has 2 heterocycles. The second-order valence-electron chi connectivity index (χ2n) is 19.0. The Balaban J connectivity index is 1.68. The van der Waals surface area contributed by atoms with Gasteiger partial charge in [-0.25, -0.2) is 4.98 Å². The predicted molar refractivity (Wildman–Crippen MR) is 262 cm³/mol. The van der Waals surface area contributed by atoms with Gasteiger partial charge >= 0.3 is 23.9 Å². The van der Waals surface area contributed by atoms with Gasteiger partial charge in [-0.15, -0.1) is 0 Å². The molecule has 0 aromatic carbocycles. The highest BCUT2D eigenvalue weighted by Gasteiger charge is 2.39. The summed E-state index contributed by atoms with van der Waals surface area (Å²) >= 11 is 0. The Kier molecular flexibility index (Phi) is 36.9. The molecule has 1 aliphatic rings. The lowest BCUT2D eigenvalue weighted by atomic mass is 10.0. The SMILES string of the molecule is CCCCCCCCCCCOC(=O)CCCCCN1CC(OC(=O)CCCn2ccnc2)C[C@H]1C(=O)OCCCCCCCC(=O)OC(CCCCCCCC)CCCCCCCC. The van der Waals surface area contributed by atoms with Crippen LogP contribution in [0.1, 0.15) is 252 Å². The number of nitrogens with zero attached hydrogens (tertiary/aromatic N) is 3. The minimum atomic E-state index is -0.461. The molecule has 11 heteroatoms. The molecule has 0 radical (unpaired) electrons. The Bertz CT molecular complexity index is 1280. The van der Waals surface area contributed by atoms with E-state index in [1.54, 1.807) is 12.5 Å². The van der Waals surface area contributed by atoms with Crippen LogP contribution in [0.25, 0.3) is 0 Å². The zero-order chi connectivity index (χ0) is 46.8. The lowest BCUT2D eigenvalue weighted by Crippen LogP contribution is -2.38. The molecule has 2 rings (SSSR count). The molecule has 1 saturated heterocycles. The fourth-order valence-corrected chi connectivity index (χ4v) is 8.92. The van der Waals surface area contributed by atoms with Crippen LogP contribution in [0.15, 0.2) is 18.7 Å². The van der Waals surface area contributed by atoms with E-state index in [1.807, 2.05) is 10.8 Å². The number of hydrogen-bond donors (Lipinski definition) is 0.